The molecule has 1 amide bonds. The van der Waals surface area contributed by atoms with Crippen LogP contribution in [-0.2, 0) is 18.7 Å². The maximum absolute atomic E-state index is 11.4. The van der Waals surface area contributed by atoms with Gasteiger partial charge in [-0.2, -0.15) is 0 Å². The van der Waals surface area contributed by atoms with Crippen LogP contribution in [0.15, 0.2) is 0 Å². The molecule has 1 saturated heterocycles. The summed E-state index contributed by atoms with van der Waals surface area (Å²) in [6.45, 7) is 0. The van der Waals surface area contributed by atoms with Gasteiger partial charge in [-0.15, -0.1) is 4.89 Å². The van der Waals surface area contributed by atoms with Crippen LogP contribution < -0.4 is 11.1 Å². The lowest BCUT2D eigenvalue weighted by molar-refractivity contribution is -0.125. The molecule has 15 heavy (non-hydrogen) atoms. The Morgan fingerprint density at radius 1 is 1.80 bits per heavy atom. The maximum Gasteiger partial charge on any atom is 0.696 e. The molecule has 0 saturated carbocycles. The zero-order chi connectivity index (χ0) is 11.4. The molecule has 1 rings (SSSR count). The highest BCUT2D eigenvalue weighted by molar-refractivity contribution is 7.32. The number of carbonyl (C=O) groups is 2. The van der Waals surface area contributed by atoms with E-state index in [-0.39, 0.29) is 18.1 Å². The fraction of sp³-hybridized carbons (Fsp3) is 0.714. The molecule has 2 unspecified atom stereocenters. The minimum Gasteiger partial charge on any atom is -0.346 e. The van der Waals surface area contributed by atoms with Gasteiger partial charge < -0.3 is 11.1 Å². The molecule has 1 aliphatic heterocycles. The number of amides is 1. The smallest absolute Gasteiger partial charge is 0.346 e. The topological polar surface area (TPSA) is 119 Å². The third-order valence-electron chi connectivity index (χ3n) is 2.01. The van der Waals surface area contributed by atoms with Crippen molar-refractivity contribution in [1.29, 1.82) is 0 Å². The molecule has 1 aliphatic rings. The van der Waals surface area contributed by atoms with Crippen molar-refractivity contribution in [2.45, 2.75) is 31.5 Å². The van der Waals surface area contributed by atoms with E-state index in [4.69, 9.17) is 10.6 Å². The molecule has 0 aromatic heterocycles. The lowest BCUT2D eigenvalue weighted by Gasteiger charge is -2.09. The monoisotopic (exact) mass is 235 g/mol. The van der Waals surface area contributed by atoms with Crippen LogP contribution in [0.2, 0.25) is 0 Å². The molecule has 8 heteroatoms. The van der Waals surface area contributed by atoms with Gasteiger partial charge in [0.15, 0.2) is 12.0 Å². The molecule has 4 N–H and O–H groups in total. The Kier molecular flexibility index (Phi) is 4.28. The Morgan fingerprint density at radius 3 is 2.93 bits per heavy atom. The van der Waals surface area contributed by atoms with E-state index in [9.17, 15) is 14.2 Å². The first-order valence-electron chi connectivity index (χ1n) is 4.39. The second-order valence-corrected chi connectivity index (χ2v) is 3.90. The summed E-state index contributed by atoms with van der Waals surface area (Å²) in [5.41, 5.74) is 5.28. The van der Waals surface area contributed by atoms with Gasteiger partial charge in [-0.1, -0.05) is 4.52 Å². The molecule has 0 bridgehead atoms. The predicted octanol–water partition coefficient (Wildman–Crippen LogP) is -0.825. The summed E-state index contributed by atoms with van der Waals surface area (Å²) in [6, 6.07) is -0.538. The largest absolute Gasteiger partial charge is 0.696 e. The highest BCUT2D eigenvalue weighted by atomic mass is 31.1. The van der Waals surface area contributed by atoms with Gasteiger partial charge in [0.1, 0.15) is 0 Å². The van der Waals surface area contributed by atoms with E-state index in [1.54, 1.807) is 0 Å². The third-order valence-corrected chi connectivity index (χ3v) is 2.46. The molecule has 84 valence electrons. The highest BCUT2D eigenvalue weighted by Crippen LogP contribution is 2.18. The summed E-state index contributed by atoms with van der Waals surface area (Å²) in [5, 5.41) is 2.48. The van der Waals surface area contributed by atoms with Crippen LogP contribution in [0.4, 0.5) is 0 Å². The zero-order valence-electron chi connectivity index (χ0n) is 7.88. The van der Waals surface area contributed by atoms with Gasteiger partial charge >= 0.3 is 8.25 Å². The fourth-order valence-corrected chi connectivity index (χ4v) is 1.66. The molecule has 3 atom stereocenters. The summed E-state index contributed by atoms with van der Waals surface area (Å²) in [5.74, 6) is -0.457. The van der Waals surface area contributed by atoms with E-state index in [1.807, 2.05) is 0 Å². The van der Waals surface area contributed by atoms with Gasteiger partial charge in [-0.05, 0) is 6.42 Å². The second kappa shape index (κ2) is 5.27. The molecule has 1 fully saturated rings. The summed E-state index contributed by atoms with van der Waals surface area (Å²) in [4.78, 5) is 30.6. The number of nitrogens with two attached hydrogens (primary N) is 1. The number of ketones is 1. The van der Waals surface area contributed by atoms with Crippen molar-refractivity contribution < 1.29 is 23.6 Å². The number of nitrogens with one attached hydrogen (secondary N) is 1. The molecular formula is C7H12N2O5P+. The van der Waals surface area contributed by atoms with Gasteiger partial charge in [-0.3, -0.25) is 9.59 Å². The normalized spacial score (nSPS) is 23.5. The Hall–Kier alpha value is -0.880. The van der Waals surface area contributed by atoms with Gasteiger partial charge in [-0.25, -0.2) is 0 Å². The molecule has 0 spiro atoms. The standard InChI is InChI=1S/C7H11N2O5P/c8-6(14-15(12)13)3-5(10)4-1-2-7(11)9-4/h4,6H,1-3,8H2,(H-,9,11,12,13)/p+1/t4-,6?/m0/s1. The number of hydrogen-bond acceptors (Lipinski definition) is 5. The van der Waals surface area contributed by atoms with Crippen molar-refractivity contribution in [3.8, 4) is 0 Å². The van der Waals surface area contributed by atoms with Crippen molar-refractivity contribution >= 4 is 19.9 Å². The molecule has 1 heterocycles. The maximum atomic E-state index is 11.4. The molecule has 0 aliphatic carbocycles. The molecule has 0 aromatic carbocycles. The van der Waals surface area contributed by atoms with Gasteiger partial charge in [0, 0.05) is 11.0 Å². The lowest BCUT2D eigenvalue weighted by atomic mass is 10.1. The van der Waals surface area contributed by atoms with Crippen LogP contribution in [0.3, 0.4) is 0 Å². The summed E-state index contributed by atoms with van der Waals surface area (Å²) >= 11 is 0. The summed E-state index contributed by atoms with van der Waals surface area (Å²) in [6.07, 6.45) is -0.535. The average Bonchev–Trinajstić information content (AvgIpc) is 2.49. The summed E-state index contributed by atoms with van der Waals surface area (Å²) < 4.78 is 14.5. The Balaban J connectivity index is 2.35. The first-order chi connectivity index (χ1) is 6.99. The minimum atomic E-state index is -2.81. The van der Waals surface area contributed by atoms with Crippen molar-refractivity contribution in [2.24, 2.45) is 5.73 Å². The SMILES string of the molecule is NC(CC(=O)[C@@H]1CCC(=O)N1)O[P+](=O)O. The third kappa shape index (κ3) is 4.01. The number of Topliss-reactive ketones (excluding diaryl/α,β-unsaturated/α-hetero) is 1. The van der Waals surface area contributed by atoms with Crippen LogP contribution in [0.25, 0.3) is 0 Å². The van der Waals surface area contributed by atoms with Gasteiger partial charge in [0.25, 0.3) is 0 Å². The lowest BCUT2D eigenvalue weighted by Crippen LogP contribution is -2.37. The van der Waals surface area contributed by atoms with Gasteiger partial charge in [0.2, 0.25) is 5.91 Å². The van der Waals surface area contributed by atoms with Crippen LogP contribution >= 0.6 is 8.25 Å². The van der Waals surface area contributed by atoms with E-state index in [0.29, 0.717) is 12.8 Å². The first-order valence-corrected chi connectivity index (χ1v) is 5.52. The molecular weight excluding hydrogens is 223 g/mol. The number of rotatable bonds is 5. The van der Waals surface area contributed by atoms with Gasteiger partial charge in [0.05, 0.1) is 12.5 Å². The predicted molar refractivity (Wildman–Crippen MR) is 49.7 cm³/mol. The van der Waals surface area contributed by atoms with Crippen molar-refractivity contribution in [3.05, 3.63) is 0 Å². The molecule has 0 radical (unpaired) electrons. The zero-order valence-corrected chi connectivity index (χ0v) is 8.78. The van der Waals surface area contributed by atoms with Crippen molar-refractivity contribution in [1.82, 2.24) is 5.32 Å². The van der Waals surface area contributed by atoms with Crippen LogP contribution in [-0.4, -0.2) is 28.9 Å². The van der Waals surface area contributed by atoms with E-state index in [0.717, 1.165) is 0 Å². The Morgan fingerprint density at radius 2 is 2.47 bits per heavy atom. The van der Waals surface area contributed by atoms with Crippen LogP contribution in [0.5, 0.6) is 0 Å². The van der Waals surface area contributed by atoms with Crippen LogP contribution in [0, 0.1) is 0 Å². The number of hydrogen-bond donors (Lipinski definition) is 3. The van der Waals surface area contributed by atoms with Crippen LogP contribution in [0.1, 0.15) is 19.3 Å². The van der Waals surface area contributed by atoms with Crippen molar-refractivity contribution in [3.63, 3.8) is 0 Å². The Bertz CT molecular complexity index is 295. The average molecular weight is 235 g/mol. The fourth-order valence-electron chi connectivity index (χ4n) is 1.35. The first kappa shape index (κ1) is 12.2. The molecule has 7 nitrogen and oxygen atoms in total. The highest BCUT2D eigenvalue weighted by Gasteiger charge is 2.30. The minimum absolute atomic E-state index is 0.170. The number of carbonyl (C=O) groups excluding carboxylic acids is 2. The second-order valence-electron chi connectivity index (χ2n) is 3.21. The Labute approximate surface area is 86.9 Å². The molecule has 0 aromatic rings. The van der Waals surface area contributed by atoms with E-state index in [2.05, 4.69) is 9.84 Å². The van der Waals surface area contributed by atoms with E-state index in [1.165, 1.54) is 0 Å². The van der Waals surface area contributed by atoms with E-state index >= 15 is 0 Å². The van der Waals surface area contributed by atoms with E-state index < -0.39 is 20.5 Å². The van der Waals surface area contributed by atoms with Crippen molar-refractivity contribution in [2.75, 3.05) is 0 Å². The summed E-state index contributed by atoms with van der Waals surface area (Å²) in [7, 11) is -2.81. The quantitative estimate of drug-likeness (QED) is 0.423.